The molecule has 3 nitrogen and oxygen atoms in total. The molecule has 0 spiro atoms. The summed E-state index contributed by atoms with van der Waals surface area (Å²) in [5, 5.41) is 0. The van der Waals surface area contributed by atoms with Crippen molar-refractivity contribution in [1.29, 1.82) is 0 Å². The lowest BCUT2D eigenvalue weighted by Crippen LogP contribution is -2.36. The maximum Gasteiger partial charge on any atom is 0.250 e. The van der Waals surface area contributed by atoms with E-state index < -0.39 is 10.0 Å². The Hall–Kier alpha value is 0.0900. The Morgan fingerprint density at radius 2 is 2.00 bits per heavy atom. The van der Waals surface area contributed by atoms with Gasteiger partial charge >= 0.3 is 0 Å². The van der Waals surface area contributed by atoms with Gasteiger partial charge in [-0.1, -0.05) is 27.7 Å². The number of sulfonamides is 1. The molecule has 0 unspecified atom stereocenters. The van der Waals surface area contributed by atoms with Crippen LogP contribution < -0.4 is 4.72 Å². The molecular weight excluding hydrogens is 322 g/mol. The molecule has 0 aliphatic carbocycles. The van der Waals surface area contributed by atoms with Crippen LogP contribution >= 0.6 is 27.3 Å². The molecular formula is C11H18BrNO2S2. The monoisotopic (exact) mass is 339 g/mol. The van der Waals surface area contributed by atoms with Crippen LogP contribution in [-0.2, 0) is 10.0 Å². The van der Waals surface area contributed by atoms with Crippen LogP contribution in [0.15, 0.2) is 20.1 Å². The van der Waals surface area contributed by atoms with E-state index in [2.05, 4.69) is 48.3 Å². The molecule has 1 N–H and O–H groups in total. The normalized spacial score (nSPS) is 13.3. The van der Waals surface area contributed by atoms with Crippen molar-refractivity contribution in [2.75, 3.05) is 6.54 Å². The molecule has 1 rings (SSSR count). The molecule has 0 saturated carbocycles. The number of halogens is 1. The van der Waals surface area contributed by atoms with Crippen molar-refractivity contribution in [2.45, 2.75) is 31.9 Å². The summed E-state index contributed by atoms with van der Waals surface area (Å²) in [4.78, 5) is 0. The predicted octanol–water partition coefficient (Wildman–Crippen LogP) is 3.47. The van der Waals surface area contributed by atoms with Crippen molar-refractivity contribution < 1.29 is 8.42 Å². The van der Waals surface area contributed by atoms with Gasteiger partial charge in [-0.15, -0.1) is 11.3 Å². The Morgan fingerprint density at radius 3 is 2.41 bits per heavy atom. The third-order valence-electron chi connectivity index (χ3n) is 3.09. The van der Waals surface area contributed by atoms with Gasteiger partial charge in [0.1, 0.15) is 4.21 Å². The van der Waals surface area contributed by atoms with Crippen LogP contribution in [0.25, 0.3) is 0 Å². The number of hydrogen-bond acceptors (Lipinski definition) is 3. The average Bonchev–Trinajstić information content (AvgIpc) is 2.63. The lowest BCUT2D eigenvalue weighted by molar-refractivity contribution is 0.252. The highest BCUT2D eigenvalue weighted by Gasteiger charge is 2.25. The van der Waals surface area contributed by atoms with E-state index in [0.717, 1.165) is 3.79 Å². The summed E-state index contributed by atoms with van der Waals surface area (Å²) in [7, 11) is -3.37. The number of nitrogens with one attached hydrogen (secondary N) is 1. The Labute approximate surface area is 116 Å². The van der Waals surface area contributed by atoms with E-state index in [1.54, 1.807) is 12.1 Å². The van der Waals surface area contributed by atoms with E-state index in [4.69, 9.17) is 0 Å². The van der Waals surface area contributed by atoms with E-state index in [-0.39, 0.29) is 5.41 Å². The minimum absolute atomic E-state index is 0.0540. The Morgan fingerprint density at radius 1 is 1.41 bits per heavy atom. The zero-order valence-electron chi connectivity index (χ0n) is 10.5. The summed E-state index contributed by atoms with van der Waals surface area (Å²) < 4.78 is 27.8. The van der Waals surface area contributed by atoms with E-state index in [1.807, 2.05) is 0 Å². The molecule has 0 aromatic carbocycles. The first-order valence-electron chi connectivity index (χ1n) is 5.40. The molecule has 0 fully saturated rings. The lowest BCUT2D eigenvalue weighted by atomic mass is 9.81. The summed E-state index contributed by atoms with van der Waals surface area (Å²) in [6, 6.07) is 3.35. The van der Waals surface area contributed by atoms with Crippen LogP contribution in [0, 0.1) is 11.3 Å². The third kappa shape index (κ3) is 4.05. The maximum atomic E-state index is 12.0. The van der Waals surface area contributed by atoms with Crippen LogP contribution in [0.1, 0.15) is 27.7 Å². The fraction of sp³-hybridized carbons (Fsp3) is 0.636. The number of thiophene rings is 1. The molecule has 17 heavy (non-hydrogen) atoms. The first kappa shape index (κ1) is 15.1. The van der Waals surface area contributed by atoms with Gasteiger partial charge in [0.2, 0.25) is 10.0 Å². The average molecular weight is 340 g/mol. The third-order valence-corrected chi connectivity index (χ3v) is 6.61. The first-order chi connectivity index (χ1) is 7.65. The van der Waals surface area contributed by atoms with Crippen LogP contribution in [0.3, 0.4) is 0 Å². The van der Waals surface area contributed by atoms with E-state index in [1.165, 1.54) is 11.3 Å². The van der Waals surface area contributed by atoms with Crippen molar-refractivity contribution in [3.8, 4) is 0 Å². The van der Waals surface area contributed by atoms with Gasteiger partial charge in [0.05, 0.1) is 3.79 Å². The highest BCUT2D eigenvalue weighted by molar-refractivity contribution is 9.11. The molecule has 0 aliphatic rings. The van der Waals surface area contributed by atoms with Crippen LogP contribution in [0.2, 0.25) is 0 Å². The molecule has 1 heterocycles. The Balaban J connectivity index is 2.76. The van der Waals surface area contributed by atoms with Gasteiger partial charge in [-0.3, -0.25) is 0 Å². The second-order valence-corrected chi connectivity index (χ2v) is 9.48. The summed E-state index contributed by atoms with van der Waals surface area (Å²) >= 11 is 4.48. The van der Waals surface area contributed by atoms with Crippen LogP contribution in [0.4, 0.5) is 0 Å². The van der Waals surface area contributed by atoms with Gasteiger partial charge in [0.25, 0.3) is 0 Å². The van der Waals surface area contributed by atoms with Crippen molar-refractivity contribution >= 4 is 37.3 Å². The number of hydrogen-bond donors (Lipinski definition) is 1. The van der Waals surface area contributed by atoms with Crippen molar-refractivity contribution in [3.05, 3.63) is 15.9 Å². The molecule has 0 atom stereocenters. The van der Waals surface area contributed by atoms with E-state index in [0.29, 0.717) is 16.7 Å². The second kappa shape index (κ2) is 5.38. The molecule has 0 saturated heterocycles. The minimum atomic E-state index is -3.37. The quantitative estimate of drug-likeness (QED) is 0.892. The van der Waals surface area contributed by atoms with Gasteiger partial charge in [0.15, 0.2) is 0 Å². The molecule has 0 aliphatic heterocycles. The topological polar surface area (TPSA) is 46.2 Å². The summed E-state index contributed by atoms with van der Waals surface area (Å²) in [5.41, 5.74) is -0.0540. The molecule has 0 bridgehead atoms. The fourth-order valence-corrected chi connectivity index (χ4v) is 4.28. The Kier molecular flexibility index (Phi) is 4.80. The number of rotatable bonds is 5. The lowest BCUT2D eigenvalue weighted by Gasteiger charge is -2.29. The first-order valence-corrected chi connectivity index (χ1v) is 8.49. The predicted molar refractivity (Wildman–Crippen MR) is 75.8 cm³/mol. The standard InChI is InChI=1S/C11H18BrNO2S2/c1-8(2)11(3,4)7-13-17(14,15)10-6-5-9(12)16-10/h5-6,8,13H,7H2,1-4H3. The molecule has 0 radical (unpaired) electrons. The van der Waals surface area contributed by atoms with Crippen LogP contribution in [0.5, 0.6) is 0 Å². The SMILES string of the molecule is CC(C)C(C)(C)CNS(=O)(=O)c1ccc(Br)s1. The summed E-state index contributed by atoms with van der Waals surface area (Å²) in [6.07, 6.45) is 0. The zero-order valence-corrected chi connectivity index (χ0v) is 13.7. The van der Waals surface area contributed by atoms with Gasteiger partial charge in [0, 0.05) is 6.54 Å². The van der Waals surface area contributed by atoms with E-state index in [9.17, 15) is 8.42 Å². The smallest absolute Gasteiger partial charge is 0.210 e. The largest absolute Gasteiger partial charge is 0.250 e. The van der Waals surface area contributed by atoms with Gasteiger partial charge < -0.3 is 0 Å². The molecule has 0 amide bonds. The van der Waals surface area contributed by atoms with Gasteiger partial charge in [-0.2, -0.15) is 0 Å². The minimum Gasteiger partial charge on any atom is -0.210 e. The van der Waals surface area contributed by atoms with Crippen molar-refractivity contribution in [3.63, 3.8) is 0 Å². The summed E-state index contributed by atoms with van der Waals surface area (Å²) in [6.45, 7) is 8.75. The zero-order chi connectivity index (χ0) is 13.3. The summed E-state index contributed by atoms with van der Waals surface area (Å²) in [5.74, 6) is 0.417. The molecule has 6 heteroatoms. The maximum absolute atomic E-state index is 12.0. The van der Waals surface area contributed by atoms with Gasteiger partial charge in [-0.05, 0) is 39.4 Å². The van der Waals surface area contributed by atoms with Crippen molar-refractivity contribution in [1.82, 2.24) is 4.72 Å². The fourth-order valence-electron chi connectivity index (χ4n) is 0.998. The van der Waals surface area contributed by atoms with E-state index >= 15 is 0 Å². The highest BCUT2D eigenvalue weighted by Crippen LogP contribution is 2.28. The van der Waals surface area contributed by atoms with Crippen LogP contribution in [-0.4, -0.2) is 15.0 Å². The molecule has 1 aromatic heterocycles. The molecule has 1 aromatic rings. The second-order valence-electron chi connectivity index (χ2n) is 5.03. The highest BCUT2D eigenvalue weighted by atomic mass is 79.9. The van der Waals surface area contributed by atoms with Crippen molar-refractivity contribution in [2.24, 2.45) is 11.3 Å². The Bertz CT molecular complexity index is 477. The molecule has 98 valence electrons. The van der Waals surface area contributed by atoms with Gasteiger partial charge in [-0.25, -0.2) is 13.1 Å².